The Hall–Kier alpha value is -1.51. The van der Waals surface area contributed by atoms with E-state index in [0.717, 1.165) is 32.3 Å². The minimum absolute atomic E-state index is 0.250. The topological polar surface area (TPSA) is 132 Å². The molecule has 8 nitrogen and oxygen atoms in total. The molecule has 0 aromatic heterocycles. The van der Waals surface area contributed by atoms with Gasteiger partial charge in [-0.05, 0) is 46.0 Å². The zero-order valence-corrected chi connectivity index (χ0v) is 18.2. The summed E-state index contributed by atoms with van der Waals surface area (Å²) in [6.45, 7) is 10.4. The Bertz CT molecular complexity index is 352. The number of hydrogen-bond acceptors (Lipinski definition) is 7. The van der Waals surface area contributed by atoms with Gasteiger partial charge in [0.1, 0.15) is 6.61 Å². The zero-order chi connectivity index (χ0) is 22.0. The van der Waals surface area contributed by atoms with Crippen molar-refractivity contribution in [2.45, 2.75) is 78.7 Å². The van der Waals surface area contributed by atoms with E-state index >= 15 is 0 Å². The minimum Gasteiger partial charge on any atom is -0.483 e. The maximum absolute atomic E-state index is 11.2. The molecule has 0 aliphatic heterocycles. The predicted octanol–water partition coefficient (Wildman–Crippen LogP) is 3.41. The van der Waals surface area contributed by atoms with Gasteiger partial charge in [0.15, 0.2) is 0 Å². The molecule has 0 spiro atoms. The van der Waals surface area contributed by atoms with Gasteiger partial charge in [-0.2, -0.15) is 0 Å². The van der Waals surface area contributed by atoms with Crippen LogP contribution in [0.3, 0.4) is 0 Å². The number of esters is 1. The molecule has 0 bridgehead atoms. The van der Waals surface area contributed by atoms with Gasteiger partial charge in [-0.25, -0.2) is 0 Å². The second-order valence-electron chi connectivity index (χ2n) is 6.36. The van der Waals surface area contributed by atoms with Crippen molar-refractivity contribution in [3.63, 3.8) is 0 Å². The lowest BCUT2D eigenvalue weighted by Gasteiger charge is -2.07. The molecule has 0 rings (SSSR count). The highest BCUT2D eigenvalue weighted by Crippen LogP contribution is 1.99. The summed E-state index contributed by atoms with van der Waals surface area (Å²) in [5.74, 6) is -0.273. The van der Waals surface area contributed by atoms with Gasteiger partial charge in [-0.15, -0.1) is 0 Å². The molecule has 1 unspecified atom stereocenters. The highest BCUT2D eigenvalue weighted by Gasteiger charge is 2.02. The molecule has 4 N–H and O–H groups in total. The van der Waals surface area contributed by atoms with Crippen LogP contribution in [0.25, 0.3) is 0 Å². The second-order valence-corrected chi connectivity index (χ2v) is 6.36. The molecule has 1 atom stereocenters. The summed E-state index contributed by atoms with van der Waals surface area (Å²) in [6, 6.07) is 0.275. The van der Waals surface area contributed by atoms with Gasteiger partial charge >= 0.3 is 5.97 Å². The van der Waals surface area contributed by atoms with Gasteiger partial charge in [-0.3, -0.25) is 9.59 Å². The van der Waals surface area contributed by atoms with E-state index in [4.69, 9.17) is 35.3 Å². The van der Waals surface area contributed by atoms with Gasteiger partial charge in [0.25, 0.3) is 6.47 Å². The van der Waals surface area contributed by atoms with Crippen LogP contribution >= 0.6 is 0 Å². The molecule has 0 fully saturated rings. The number of nitrogens with two attached hydrogens (primary N) is 1. The second kappa shape index (κ2) is 27.7. The van der Waals surface area contributed by atoms with Gasteiger partial charge < -0.3 is 30.5 Å². The first-order valence-electron chi connectivity index (χ1n) is 10.0. The third-order valence-corrected chi connectivity index (χ3v) is 2.97. The number of rotatable bonds is 15. The highest BCUT2D eigenvalue weighted by molar-refractivity contribution is 5.82. The van der Waals surface area contributed by atoms with E-state index in [1.54, 1.807) is 6.92 Å². The first-order chi connectivity index (χ1) is 13.3. The monoisotopic (exact) mass is 406 g/mol. The Morgan fingerprint density at radius 3 is 2.04 bits per heavy atom. The molecule has 8 heteroatoms. The summed E-state index contributed by atoms with van der Waals surface area (Å²) in [5.41, 5.74) is 6.15. The summed E-state index contributed by atoms with van der Waals surface area (Å²) in [6.07, 6.45) is 6.02. The van der Waals surface area contributed by atoms with Crippen molar-refractivity contribution in [2.75, 3.05) is 33.0 Å². The molecule has 0 saturated heterocycles. The standard InChI is InChI=1S/C16H32N2O4.C3H8.CH2O2/c1-14(17)6-3-4-9-20-10-5-11-21-12-13-22-16(19)8-7-15(2)18;1-3-2;2-1-3/h14,18H,3-13,17H2,1-2H3;3H2,1-2H3;1H,(H,2,3). The average Bonchev–Trinajstić information content (AvgIpc) is 2.62. The molecule has 0 radical (unpaired) electrons. The number of carboxylic acid groups (broad SMARTS) is 1. The van der Waals surface area contributed by atoms with Gasteiger partial charge in [-0.1, -0.05) is 20.3 Å². The lowest BCUT2D eigenvalue weighted by Crippen LogP contribution is -2.14. The van der Waals surface area contributed by atoms with Crippen LogP contribution in [-0.4, -0.2) is 62.3 Å². The quantitative estimate of drug-likeness (QED) is 0.164. The molecule has 0 aromatic rings. The lowest BCUT2D eigenvalue weighted by molar-refractivity contribution is -0.145. The molecule has 0 saturated carbocycles. The van der Waals surface area contributed by atoms with Crippen LogP contribution in [0.4, 0.5) is 0 Å². The van der Waals surface area contributed by atoms with E-state index in [1.807, 2.05) is 6.92 Å². The van der Waals surface area contributed by atoms with Crippen molar-refractivity contribution in [3.8, 4) is 0 Å². The van der Waals surface area contributed by atoms with E-state index in [9.17, 15) is 4.79 Å². The van der Waals surface area contributed by atoms with Crippen LogP contribution in [0.2, 0.25) is 0 Å². The highest BCUT2D eigenvalue weighted by atomic mass is 16.6. The summed E-state index contributed by atoms with van der Waals surface area (Å²) >= 11 is 0. The third-order valence-electron chi connectivity index (χ3n) is 2.97. The minimum atomic E-state index is -0.273. The van der Waals surface area contributed by atoms with Crippen LogP contribution in [0.15, 0.2) is 0 Å². The largest absolute Gasteiger partial charge is 0.483 e. The summed E-state index contributed by atoms with van der Waals surface area (Å²) in [7, 11) is 0. The first-order valence-corrected chi connectivity index (χ1v) is 10.0. The fraction of sp³-hybridized carbons (Fsp3) is 0.850. The Labute approximate surface area is 170 Å². The van der Waals surface area contributed by atoms with Crippen molar-refractivity contribution in [1.82, 2.24) is 0 Å². The fourth-order valence-electron chi connectivity index (χ4n) is 1.71. The number of carbonyl (C=O) groups excluding carboxylic acids is 1. The number of nitrogens with one attached hydrogen (secondary N) is 1. The van der Waals surface area contributed by atoms with E-state index in [0.29, 0.717) is 32.0 Å². The molecule has 0 aromatic carbocycles. The number of ether oxygens (including phenoxy) is 3. The van der Waals surface area contributed by atoms with Crippen LogP contribution in [0, 0.1) is 5.41 Å². The molecule has 28 heavy (non-hydrogen) atoms. The Kier molecular flexibility index (Phi) is 30.9. The Morgan fingerprint density at radius 1 is 1.04 bits per heavy atom. The summed E-state index contributed by atoms with van der Waals surface area (Å²) in [5, 5.41) is 14.1. The zero-order valence-electron chi connectivity index (χ0n) is 18.2. The van der Waals surface area contributed by atoms with Crippen LogP contribution in [-0.2, 0) is 23.8 Å². The summed E-state index contributed by atoms with van der Waals surface area (Å²) < 4.78 is 15.8. The molecule has 0 aliphatic carbocycles. The number of carbonyl (C=O) groups is 2. The van der Waals surface area contributed by atoms with Gasteiger partial charge in [0.2, 0.25) is 0 Å². The van der Waals surface area contributed by atoms with Crippen LogP contribution in [0.1, 0.15) is 72.6 Å². The van der Waals surface area contributed by atoms with Crippen molar-refractivity contribution in [2.24, 2.45) is 5.73 Å². The van der Waals surface area contributed by atoms with Crippen molar-refractivity contribution in [3.05, 3.63) is 0 Å². The summed E-state index contributed by atoms with van der Waals surface area (Å²) in [4.78, 5) is 19.6. The smallest absolute Gasteiger partial charge is 0.306 e. The van der Waals surface area contributed by atoms with E-state index < -0.39 is 0 Å². The van der Waals surface area contributed by atoms with Crippen molar-refractivity contribution < 1.29 is 28.9 Å². The first kappa shape index (κ1) is 31.2. The Balaban J connectivity index is -0.000000915. The molecule has 0 heterocycles. The van der Waals surface area contributed by atoms with Gasteiger partial charge in [0.05, 0.1) is 13.0 Å². The Morgan fingerprint density at radius 2 is 1.54 bits per heavy atom. The number of hydrogen-bond donors (Lipinski definition) is 3. The molecule has 168 valence electrons. The maximum atomic E-state index is 11.2. The van der Waals surface area contributed by atoms with E-state index in [1.165, 1.54) is 6.42 Å². The molecule has 0 aliphatic rings. The predicted molar refractivity (Wildman–Crippen MR) is 112 cm³/mol. The molecule has 0 amide bonds. The van der Waals surface area contributed by atoms with Crippen LogP contribution < -0.4 is 5.73 Å². The fourth-order valence-corrected chi connectivity index (χ4v) is 1.71. The third kappa shape index (κ3) is 39.5. The van der Waals surface area contributed by atoms with Crippen LogP contribution in [0.5, 0.6) is 0 Å². The van der Waals surface area contributed by atoms with Crippen molar-refractivity contribution in [1.29, 1.82) is 5.41 Å². The molecular formula is C20H42N2O6. The average molecular weight is 407 g/mol. The maximum Gasteiger partial charge on any atom is 0.306 e. The van der Waals surface area contributed by atoms with E-state index in [2.05, 4.69) is 13.8 Å². The van der Waals surface area contributed by atoms with Gasteiger partial charge in [0, 0.05) is 31.6 Å². The van der Waals surface area contributed by atoms with Crippen molar-refractivity contribution >= 4 is 18.2 Å². The SMILES string of the molecule is CC(=N)CCC(=O)OCCOCCCOCCCCC(C)N.CCC.O=CO. The molecular weight excluding hydrogens is 364 g/mol. The number of unbranched alkanes of at least 4 members (excludes halogenated alkanes) is 1. The normalized spacial score (nSPS) is 10.6. The van der Waals surface area contributed by atoms with E-state index in [-0.39, 0.29) is 31.5 Å². The lowest BCUT2D eigenvalue weighted by atomic mass is 10.1.